The summed E-state index contributed by atoms with van der Waals surface area (Å²) >= 11 is 0. The van der Waals surface area contributed by atoms with Gasteiger partial charge in [-0.1, -0.05) is 12.1 Å². The van der Waals surface area contributed by atoms with Crippen LogP contribution in [-0.4, -0.2) is 25.8 Å². The molecular formula is C16H23O5P. The number of benzene rings is 1. The van der Waals surface area contributed by atoms with Crippen molar-refractivity contribution in [3.8, 4) is 11.5 Å². The van der Waals surface area contributed by atoms with Crippen LogP contribution in [0.25, 0.3) is 6.08 Å². The van der Waals surface area contributed by atoms with Crippen LogP contribution in [0, 0.1) is 0 Å². The molecule has 0 saturated heterocycles. The van der Waals surface area contributed by atoms with Gasteiger partial charge in [-0.25, -0.2) is 4.79 Å². The summed E-state index contributed by atoms with van der Waals surface area (Å²) in [5.74, 6) is 0.755. The van der Waals surface area contributed by atoms with Crippen molar-refractivity contribution in [1.82, 2.24) is 0 Å². The lowest BCUT2D eigenvalue weighted by atomic mass is 10.1. The molecule has 0 heterocycles. The molecule has 0 saturated carbocycles. The largest absolute Gasteiger partial charge is 0.490 e. The maximum atomic E-state index is 11.4. The molecular weight excluding hydrogens is 303 g/mol. The van der Waals surface area contributed by atoms with Crippen LogP contribution in [0.2, 0.25) is 0 Å². The number of carbonyl (C=O) groups is 1. The smallest absolute Gasteiger partial charge is 0.330 e. The second-order valence-electron chi connectivity index (χ2n) is 4.29. The minimum Gasteiger partial charge on any atom is -0.490 e. The number of ether oxygens (including phenoxy) is 3. The summed E-state index contributed by atoms with van der Waals surface area (Å²) < 4.78 is 27.2. The van der Waals surface area contributed by atoms with Crippen molar-refractivity contribution in [3.63, 3.8) is 0 Å². The van der Waals surface area contributed by atoms with E-state index in [2.05, 4.69) is 0 Å². The molecule has 1 atom stereocenters. The summed E-state index contributed by atoms with van der Waals surface area (Å²) in [5, 5.41) is 0. The second-order valence-corrected chi connectivity index (χ2v) is 5.04. The van der Waals surface area contributed by atoms with E-state index in [0.717, 1.165) is 11.1 Å². The van der Waals surface area contributed by atoms with E-state index in [1.165, 1.54) is 6.08 Å². The van der Waals surface area contributed by atoms with Gasteiger partial charge in [-0.05, 0) is 26.8 Å². The molecule has 0 aliphatic rings. The van der Waals surface area contributed by atoms with Crippen LogP contribution in [0.3, 0.4) is 0 Å². The fourth-order valence-electron chi connectivity index (χ4n) is 1.94. The number of hydrogen-bond donors (Lipinski definition) is 0. The normalized spacial score (nSPS) is 11.2. The van der Waals surface area contributed by atoms with Gasteiger partial charge in [-0.15, -0.1) is 0 Å². The molecule has 22 heavy (non-hydrogen) atoms. The van der Waals surface area contributed by atoms with E-state index in [9.17, 15) is 9.36 Å². The molecule has 1 aromatic rings. The molecule has 0 aromatic heterocycles. The maximum Gasteiger partial charge on any atom is 0.330 e. The van der Waals surface area contributed by atoms with E-state index >= 15 is 0 Å². The topological polar surface area (TPSA) is 61.8 Å². The number of carbonyl (C=O) groups excluding carboxylic acids is 1. The van der Waals surface area contributed by atoms with Gasteiger partial charge in [0.15, 0.2) is 11.5 Å². The van der Waals surface area contributed by atoms with E-state index in [-0.39, 0.29) is 0 Å². The molecule has 1 rings (SSSR count). The predicted molar refractivity (Wildman–Crippen MR) is 88.5 cm³/mol. The maximum absolute atomic E-state index is 11.4. The first-order valence-corrected chi connectivity index (χ1v) is 8.66. The molecule has 0 aliphatic heterocycles. The first kappa shape index (κ1) is 18.3. The van der Waals surface area contributed by atoms with Gasteiger partial charge in [0.1, 0.15) is 0 Å². The molecule has 0 amide bonds. The number of rotatable bonds is 9. The highest BCUT2D eigenvalue weighted by atomic mass is 31.1. The highest BCUT2D eigenvalue weighted by Crippen LogP contribution is 2.37. The zero-order chi connectivity index (χ0) is 16.4. The lowest BCUT2D eigenvalue weighted by molar-refractivity contribution is -0.137. The van der Waals surface area contributed by atoms with E-state index in [4.69, 9.17) is 14.2 Å². The van der Waals surface area contributed by atoms with Crippen molar-refractivity contribution in [1.29, 1.82) is 0 Å². The monoisotopic (exact) mass is 326 g/mol. The third-order valence-electron chi connectivity index (χ3n) is 2.79. The molecule has 0 aliphatic carbocycles. The van der Waals surface area contributed by atoms with Crippen molar-refractivity contribution >= 4 is 20.5 Å². The highest BCUT2D eigenvalue weighted by Gasteiger charge is 2.14. The third-order valence-corrected chi connectivity index (χ3v) is 3.40. The van der Waals surface area contributed by atoms with Gasteiger partial charge >= 0.3 is 5.97 Å². The van der Waals surface area contributed by atoms with Gasteiger partial charge in [0.25, 0.3) is 0 Å². The molecule has 1 unspecified atom stereocenters. The molecule has 0 radical (unpaired) electrons. The average molecular weight is 326 g/mol. The highest BCUT2D eigenvalue weighted by molar-refractivity contribution is 7.22. The Hall–Kier alpha value is -1.74. The van der Waals surface area contributed by atoms with E-state index in [1.54, 1.807) is 13.0 Å². The van der Waals surface area contributed by atoms with Crippen LogP contribution >= 0.6 is 8.46 Å². The van der Waals surface area contributed by atoms with Gasteiger partial charge in [0.05, 0.1) is 28.3 Å². The van der Waals surface area contributed by atoms with Crippen LogP contribution in [-0.2, 0) is 20.3 Å². The summed E-state index contributed by atoms with van der Waals surface area (Å²) in [6, 6.07) is 3.68. The summed E-state index contributed by atoms with van der Waals surface area (Å²) in [6.45, 7) is 6.78. The Morgan fingerprint density at radius 3 is 2.36 bits per heavy atom. The van der Waals surface area contributed by atoms with E-state index in [1.807, 2.05) is 26.0 Å². The third kappa shape index (κ3) is 5.23. The Bertz CT molecular complexity index is 540. The Balaban J connectivity index is 3.23. The van der Waals surface area contributed by atoms with Gasteiger partial charge in [0.2, 0.25) is 0 Å². The summed E-state index contributed by atoms with van der Waals surface area (Å²) in [5.41, 5.74) is 1.58. The quantitative estimate of drug-likeness (QED) is 0.396. The molecule has 1 aromatic carbocycles. The first-order valence-electron chi connectivity index (χ1n) is 7.37. The molecule has 0 spiro atoms. The van der Waals surface area contributed by atoms with Crippen molar-refractivity contribution in [3.05, 3.63) is 29.3 Å². The lowest BCUT2D eigenvalue weighted by Crippen LogP contribution is -2.03. The molecule has 0 bridgehead atoms. The summed E-state index contributed by atoms with van der Waals surface area (Å²) in [6.07, 6.45) is 3.45. The van der Waals surface area contributed by atoms with E-state index in [0.29, 0.717) is 37.5 Å². The van der Waals surface area contributed by atoms with Crippen molar-refractivity contribution in [2.75, 3.05) is 19.8 Å². The lowest BCUT2D eigenvalue weighted by Gasteiger charge is -2.16. The van der Waals surface area contributed by atoms with Gasteiger partial charge < -0.3 is 18.8 Å². The van der Waals surface area contributed by atoms with Crippen molar-refractivity contribution in [2.45, 2.75) is 26.9 Å². The van der Waals surface area contributed by atoms with Gasteiger partial charge in [-0.2, -0.15) is 0 Å². The van der Waals surface area contributed by atoms with Crippen LogP contribution in [0.4, 0.5) is 0 Å². The Labute approximate surface area is 132 Å². The van der Waals surface area contributed by atoms with Gasteiger partial charge in [-0.3, -0.25) is 0 Å². The second kappa shape index (κ2) is 10.1. The Kier molecular flexibility index (Phi) is 8.38. The summed E-state index contributed by atoms with van der Waals surface area (Å²) in [7, 11) is -0.912. The fourth-order valence-corrected chi connectivity index (χ4v) is 2.45. The molecule has 0 fully saturated rings. The van der Waals surface area contributed by atoms with Crippen LogP contribution in [0.15, 0.2) is 18.2 Å². The predicted octanol–water partition coefficient (Wildman–Crippen LogP) is 3.32. The number of esters is 1. The van der Waals surface area contributed by atoms with Crippen LogP contribution in [0.5, 0.6) is 11.5 Å². The zero-order valence-corrected chi connectivity index (χ0v) is 14.4. The Morgan fingerprint density at radius 1 is 1.09 bits per heavy atom. The van der Waals surface area contributed by atoms with Gasteiger partial charge in [0, 0.05) is 23.4 Å². The van der Waals surface area contributed by atoms with E-state index < -0.39 is 14.4 Å². The SMILES string of the molecule is CCOC(=O)C=Cc1ccc(C[PH2]=O)c(OCC)c1OCC. The molecule has 0 N–H and O–H groups in total. The fraction of sp³-hybridized carbons (Fsp3) is 0.438. The number of hydrogen-bond acceptors (Lipinski definition) is 5. The van der Waals surface area contributed by atoms with Crippen molar-refractivity contribution < 1.29 is 23.6 Å². The van der Waals surface area contributed by atoms with Crippen molar-refractivity contribution in [2.24, 2.45) is 0 Å². The molecule has 122 valence electrons. The standard InChI is InChI=1S/C16H23O5P/c1-4-19-14(17)10-9-12-7-8-13(11-22-18)16(21-6-3)15(12)20-5-2/h7-10H,4-6,11,22H2,1-3H3. The Morgan fingerprint density at radius 2 is 1.77 bits per heavy atom. The van der Waals surface area contributed by atoms with Crippen LogP contribution in [0.1, 0.15) is 31.9 Å². The minimum atomic E-state index is -0.912. The van der Waals surface area contributed by atoms with Crippen LogP contribution < -0.4 is 9.47 Å². The summed E-state index contributed by atoms with van der Waals surface area (Å²) in [4.78, 5) is 11.4. The zero-order valence-electron chi connectivity index (χ0n) is 13.3. The minimum absolute atomic E-state index is 0.330. The average Bonchev–Trinajstić information content (AvgIpc) is 2.50. The molecule has 5 nitrogen and oxygen atoms in total. The first-order chi connectivity index (χ1) is 10.7. The molecule has 6 heteroatoms.